The Morgan fingerprint density at radius 1 is 1.26 bits per heavy atom. The maximum atomic E-state index is 5.97. The first-order chi connectivity index (χ1) is 11.3. The lowest BCUT2D eigenvalue weighted by atomic mass is 10.1. The maximum Gasteiger partial charge on any atom is 0.181 e. The molecular weight excluding hydrogens is 290 g/mol. The Labute approximate surface area is 134 Å². The van der Waals surface area contributed by atoms with Gasteiger partial charge in [0.25, 0.3) is 0 Å². The molecule has 0 aliphatic carbocycles. The van der Waals surface area contributed by atoms with Gasteiger partial charge in [0, 0.05) is 37.4 Å². The normalized spacial score (nSPS) is 19.3. The second-order valence-electron chi connectivity index (χ2n) is 5.87. The number of hydrogen-bond acceptors (Lipinski definition) is 5. The number of H-pyrrole nitrogens is 1. The van der Waals surface area contributed by atoms with E-state index in [1.807, 2.05) is 24.4 Å². The van der Waals surface area contributed by atoms with Crippen molar-refractivity contribution in [2.24, 2.45) is 0 Å². The fraction of sp³-hybridized carbons (Fsp3) is 0.353. The second-order valence-corrected chi connectivity index (χ2v) is 5.87. The molecule has 0 spiro atoms. The highest BCUT2D eigenvalue weighted by molar-refractivity contribution is 5.77. The lowest BCUT2D eigenvalue weighted by Crippen LogP contribution is -2.38. The van der Waals surface area contributed by atoms with E-state index in [1.54, 1.807) is 6.20 Å². The molecule has 1 atom stereocenters. The van der Waals surface area contributed by atoms with Gasteiger partial charge in [-0.3, -0.25) is 15.0 Å². The van der Waals surface area contributed by atoms with E-state index in [0.717, 1.165) is 42.1 Å². The van der Waals surface area contributed by atoms with Gasteiger partial charge in [0.1, 0.15) is 6.10 Å². The largest absolute Gasteiger partial charge is 0.369 e. The van der Waals surface area contributed by atoms with E-state index in [9.17, 15) is 0 Å². The van der Waals surface area contributed by atoms with E-state index in [0.29, 0.717) is 6.61 Å². The van der Waals surface area contributed by atoms with Crippen LogP contribution in [0.5, 0.6) is 0 Å². The molecule has 1 aliphatic heterocycles. The maximum absolute atomic E-state index is 5.97. The van der Waals surface area contributed by atoms with Gasteiger partial charge >= 0.3 is 0 Å². The van der Waals surface area contributed by atoms with Crippen molar-refractivity contribution in [2.75, 3.05) is 19.7 Å². The molecule has 0 aromatic carbocycles. The molecule has 4 rings (SSSR count). The number of aryl methyl sites for hydroxylation is 1. The smallest absolute Gasteiger partial charge is 0.181 e. The first kappa shape index (κ1) is 14.3. The summed E-state index contributed by atoms with van der Waals surface area (Å²) in [5.74, 6) is 0. The number of morpholine rings is 1. The lowest BCUT2D eigenvalue weighted by molar-refractivity contribution is -0.0347. The van der Waals surface area contributed by atoms with Gasteiger partial charge in [0.15, 0.2) is 5.65 Å². The molecule has 23 heavy (non-hydrogen) atoms. The number of nitrogens with zero attached hydrogens (tertiary/aromatic N) is 4. The molecule has 3 aromatic heterocycles. The van der Waals surface area contributed by atoms with E-state index >= 15 is 0 Å². The van der Waals surface area contributed by atoms with Crippen LogP contribution < -0.4 is 0 Å². The van der Waals surface area contributed by atoms with Crippen molar-refractivity contribution in [1.29, 1.82) is 0 Å². The lowest BCUT2D eigenvalue weighted by Gasteiger charge is -2.32. The molecule has 0 amide bonds. The van der Waals surface area contributed by atoms with E-state index in [1.165, 1.54) is 5.56 Å². The van der Waals surface area contributed by atoms with Crippen molar-refractivity contribution >= 4 is 11.0 Å². The first-order valence-corrected chi connectivity index (χ1v) is 7.85. The molecule has 1 saturated heterocycles. The molecule has 1 fully saturated rings. The zero-order valence-electron chi connectivity index (χ0n) is 13.1. The summed E-state index contributed by atoms with van der Waals surface area (Å²) in [5.41, 5.74) is 4.11. The van der Waals surface area contributed by atoms with Crippen LogP contribution in [0.4, 0.5) is 0 Å². The van der Waals surface area contributed by atoms with Crippen LogP contribution in [-0.2, 0) is 11.3 Å². The molecule has 1 N–H and O–H groups in total. The number of hydrogen-bond donors (Lipinski definition) is 1. The third kappa shape index (κ3) is 2.83. The van der Waals surface area contributed by atoms with Gasteiger partial charge in [0.2, 0.25) is 0 Å². The summed E-state index contributed by atoms with van der Waals surface area (Å²) >= 11 is 0. The zero-order valence-corrected chi connectivity index (χ0v) is 13.1. The molecule has 0 radical (unpaired) electrons. The average molecular weight is 309 g/mol. The minimum Gasteiger partial charge on any atom is -0.369 e. The number of pyridine rings is 2. The molecule has 118 valence electrons. The summed E-state index contributed by atoms with van der Waals surface area (Å²) in [7, 11) is 0. The van der Waals surface area contributed by atoms with Crippen molar-refractivity contribution in [1.82, 2.24) is 25.1 Å². The Hall–Kier alpha value is -2.31. The van der Waals surface area contributed by atoms with Crippen molar-refractivity contribution in [3.63, 3.8) is 0 Å². The molecule has 6 nitrogen and oxygen atoms in total. The van der Waals surface area contributed by atoms with Gasteiger partial charge in [-0.2, -0.15) is 5.10 Å². The van der Waals surface area contributed by atoms with Gasteiger partial charge in [-0.05, 0) is 30.7 Å². The fourth-order valence-electron chi connectivity index (χ4n) is 3.03. The Balaban J connectivity index is 1.54. The van der Waals surface area contributed by atoms with Gasteiger partial charge in [0.05, 0.1) is 18.0 Å². The van der Waals surface area contributed by atoms with Crippen molar-refractivity contribution in [2.45, 2.75) is 19.6 Å². The molecule has 6 heteroatoms. The Kier molecular flexibility index (Phi) is 3.77. The minimum atomic E-state index is -0.0121. The van der Waals surface area contributed by atoms with Crippen LogP contribution in [0, 0.1) is 6.92 Å². The fourth-order valence-corrected chi connectivity index (χ4v) is 3.03. The quantitative estimate of drug-likeness (QED) is 0.803. The van der Waals surface area contributed by atoms with E-state index < -0.39 is 0 Å². The summed E-state index contributed by atoms with van der Waals surface area (Å²) in [5, 5.41) is 8.40. The summed E-state index contributed by atoms with van der Waals surface area (Å²) < 4.78 is 5.97. The average Bonchev–Trinajstić information content (AvgIpc) is 3.01. The number of fused-ring (bicyclic) bond motifs is 1. The second kappa shape index (κ2) is 6.06. The number of nitrogens with one attached hydrogen (secondary N) is 1. The summed E-state index contributed by atoms with van der Waals surface area (Å²) in [4.78, 5) is 11.2. The van der Waals surface area contributed by atoms with Crippen LogP contribution in [-0.4, -0.2) is 44.8 Å². The van der Waals surface area contributed by atoms with Gasteiger partial charge in [-0.15, -0.1) is 0 Å². The van der Waals surface area contributed by atoms with Crippen molar-refractivity contribution in [3.8, 4) is 0 Å². The van der Waals surface area contributed by atoms with Gasteiger partial charge in [-0.1, -0.05) is 6.07 Å². The summed E-state index contributed by atoms with van der Waals surface area (Å²) in [6.45, 7) is 5.39. The third-order valence-corrected chi connectivity index (χ3v) is 4.32. The topological polar surface area (TPSA) is 66.9 Å². The van der Waals surface area contributed by atoms with Crippen LogP contribution >= 0.6 is 0 Å². The molecule has 1 unspecified atom stereocenters. The Morgan fingerprint density at radius 3 is 3.04 bits per heavy atom. The van der Waals surface area contributed by atoms with Gasteiger partial charge < -0.3 is 4.74 Å². The molecular formula is C17H19N5O. The standard InChI is InChI=1S/C17H19N5O/c1-12-4-2-6-18-14(12)10-22-8-9-23-15(11-22)16-13-5-3-7-19-17(13)21-20-16/h2-7,15H,8-11H2,1H3,(H,19,20,21). The highest BCUT2D eigenvalue weighted by atomic mass is 16.5. The first-order valence-electron chi connectivity index (χ1n) is 7.85. The van der Waals surface area contributed by atoms with Crippen LogP contribution in [0.15, 0.2) is 36.7 Å². The van der Waals surface area contributed by atoms with Crippen molar-refractivity contribution in [3.05, 3.63) is 53.6 Å². The predicted octanol–water partition coefficient (Wildman–Crippen LogP) is 2.23. The highest BCUT2D eigenvalue weighted by Gasteiger charge is 2.25. The molecule has 1 aliphatic rings. The van der Waals surface area contributed by atoms with E-state index in [-0.39, 0.29) is 6.10 Å². The van der Waals surface area contributed by atoms with Crippen LogP contribution in [0.3, 0.4) is 0 Å². The van der Waals surface area contributed by atoms with E-state index in [2.05, 4.69) is 38.1 Å². The third-order valence-electron chi connectivity index (χ3n) is 4.32. The number of aromatic amines is 1. The monoisotopic (exact) mass is 309 g/mol. The van der Waals surface area contributed by atoms with Gasteiger partial charge in [-0.25, -0.2) is 4.98 Å². The molecule has 4 heterocycles. The predicted molar refractivity (Wildman–Crippen MR) is 86.8 cm³/mol. The number of aromatic nitrogens is 4. The Morgan fingerprint density at radius 2 is 2.13 bits per heavy atom. The minimum absolute atomic E-state index is 0.0121. The summed E-state index contributed by atoms with van der Waals surface area (Å²) in [6, 6.07) is 8.05. The molecule has 3 aromatic rings. The van der Waals surface area contributed by atoms with Crippen LogP contribution in [0.2, 0.25) is 0 Å². The SMILES string of the molecule is Cc1cccnc1CN1CCOC(c2[nH]nc3ncccc23)C1. The summed E-state index contributed by atoms with van der Waals surface area (Å²) in [6.07, 6.45) is 3.60. The van der Waals surface area contributed by atoms with Crippen LogP contribution in [0.25, 0.3) is 11.0 Å². The van der Waals surface area contributed by atoms with Crippen LogP contribution in [0.1, 0.15) is 23.1 Å². The zero-order chi connectivity index (χ0) is 15.6. The molecule has 0 saturated carbocycles. The number of rotatable bonds is 3. The van der Waals surface area contributed by atoms with Crippen molar-refractivity contribution < 1.29 is 4.74 Å². The van der Waals surface area contributed by atoms with E-state index in [4.69, 9.17) is 4.74 Å². The number of ether oxygens (including phenoxy) is 1. The highest BCUT2D eigenvalue weighted by Crippen LogP contribution is 2.27. The molecule has 0 bridgehead atoms. The Bertz CT molecular complexity index is 815.